The van der Waals surface area contributed by atoms with E-state index in [-0.39, 0.29) is 16.9 Å². The number of amides is 3. The number of benzene rings is 3. The Bertz CT molecular complexity index is 1540. The maximum atomic E-state index is 13.3. The summed E-state index contributed by atoms with van der Waals surface area (Å²) in [6.45, 7) is 3.82. The summed E-state index contributed by atoms with van der Waals surface area (Å²) >= 11 is 10.3. The van der Waals surface area contributed by atoms with E-state index in [9.17, 15) is 14.4 Å². The van der Waals surface area contributed by atoms with Crippen LogP contribution in [0.1, 0.15) is 29.8 Å². The first-order valence-electron chi connectivity index (χ1n) is 12.5. The molecular formula is C29H26ClN5O3S3. The molecule has 4 aromatic rings. The van der Waals surface area contributed by atoms with E-state index in [2.05, 4.69) is 25.3 Å². The Balaban J connectivity index is 1.41. The minimum absolute atomic E-state index is 0.0351. The quantitative estimate of drug-likeness (QED) is 0.124. The van der Waals surface area contributed by atoms with Crippen molar-refractivity contribution in [3.63, 3.8) is 0 Å². The fourth-order valence-corrected chi connectivity index (χ4v) is 5.75. The summed E-state index contributed by atoms with van der Waals surface area (Å²) in [6.07, 6.45) is 1.53. The van der Waals surface area contributed by atoms with Crippen molar-refractivity contribution in [2.75, 3.05) is 16.4 Å². The molecule has 1 heterocycles. The first kappa shape index (κ1) is 30.3. The van der Waals surface area contributed by atoms with Crippen molar-refractivity contribution < 1.29 is 14.4 Å². The topological polar surface area (TPSA) is 113 Å². The van der Waals surface area contributed by atoms with Crippen LogP contribution in [0.5, 0.6) is 0 Å². The molecule has 0 saturated heterocycles. The van der Waals surface area contributed by atoms with Gasteiger partial charge in [0.15, 0.2) is 0 Å². The third-order valence-corrected chi connectivity index (χ3v) is 8.37. The van der Waals surface area contributed by atoms with Crippen molar-refractivity contribution in [3.8, 4) is 0 Å². The van der Waals surface area contributed by atoms with E-state index >= 15 is 0 Å². The lowest BCUT2D eigenvalue weighted by atomic mass is 10.1. The third-order valence-electron chi connectivity index (χ3n) is 5.44. The number of carbonyl (C=O) groups is 3. The molecule has 1 unspecified atom stereocenters. The van der Waals surface area contributed by atoms with Gasteiger partial charge in [0, 0.05) is 32.7 Å². The largest absolute Gasteiger partial charge is 0.321 e. The molecule has 41 heavy (non-hydrogen) atoms. The third kappa shape index (κ3) is 8.92. The average Bonchev–Trinajstić information content (AvgIpc) is 3.42. The number of halogens is 1. The smallest absolute Gasteiger partial charge is 0.272 e. The summed E-state index contributed by atoms with van der Waals surface area (Å²) in [5, 5.41) is 9.50. The zero-order chi connectivity index (χ0) is 29.2. The summed E-state index contributed by atoms with van der Waals surface area (Å²) in [5.41, 5.74) is 1.55. The highest BCUT2D eigenvalue weighted by Crippen LogP contribution is 2.27. The zero-order valence-electron chi connectivity index (χ0n) is 22.1. The molecule has 8 nitrogen and oxygen atoms in total. The second-order valence-corrected chi connectivity index (χ2v) is 12.2. The molecule has 1 aromatic heterocycles. The lowest BCUT2D eigenvalue weighted by Gasteiger charge is -2.13. The maximum Gasteiger partial charge on any atom is 0.272 e. The van der Waals surface area contributed by atoms with Gasteiger partial charge >= 0.3 is 0 Å². The fraction of sp³-hybridized carbons (Fsp3) is 0.138. The molecule has 0 aliphatic heterocycles. The van der Waals surface area contributed by atoms with Gasteiger partial charge in [0.05, 0.1) is 5.25 Å². The highest BCUT2D eigenvalue weighted by atomic mass is 35.5. The summed E-state index contributed by atoms with van der Waals surface area (Å²) in [6, 6.07) is 22.7. The van der Waals surface area contributed by atoms with Crippen LogP contribution in [0, 0.1) is 0 Å². The molecule has 0 radical (unpaired) electrons. The number of hydrogen-bond donors (Lipinski definition) is 3. The lowest BCUT2D eigenvalue weighted by molar-refractivity contribution is -0.115. The predicted octanol–water partition coefficient (Wildman–Crippen LogP) is 6.83. The lowest BCUT2D eigenvalue weighted by Crippen LogP contribution is -2.30. The summed E-state index contributed by atoms with van der Waals surface area (Å²) < 4.78 is 4.21. The molecular weight excluding hydrogens is 598 g/mol. The molecule has 0 fully saturated rings. The molecule has 210 valence electrons. The van der Waals surface area contributed by atoms with E-state index in [4.69, 9.17) is 11.6 Å². The number of thioether (sulfide) groups is 2. The van der Waals surface area contributed by atoms with Crippen LogP contribution in [-0.2, 0) is 9.59 Å². The van der Waals surface area contributed by atoms with Crippen molar-refractivity contribution in [1.82, 2.24) is 14.7 Å². The second kappa shape index (κ2) is 14.8. The van der Waals surface area contributed by atoms with Crippen molar-refractivity contribution >= 4 is 81.3 Å². The number of rotatable bonds is 11. The van der Waals surface area contributed by atoms with Gasteiger partial charge in [-0.1, -0.05) is 66.7 Å². The minimum Gasteiger partial charge on any atom is -0.321 e. The van der Waals surface area contributed by atoms with Crippen LogP contribution in [0.15, 0.2) is 94.6 Å². The molecule has 3 amide bonds. The maximum absolute atomic E-state index is 13.3. The number of carbonyl (C=O) groups excluding carboxylic acids is 3. The zero-order valence-corrected chi connectivity index (χ0v) is 25.3. The Labute approximate surface area is 255 Å². The second-order valence-electron chi connectivity index (χ2n) is 8.44. The predicted molar refractivity (Wildman–Crippen MR) is 169 cm³/mol. The minimum atomic E-state index is -0.514. The average molecular weight is 624 g/mol. The van der Waals surface area contributed by atoms with E-state index in [0.29, 0.717) is 32.1 Å². The Morgan fingerprint density at radius 3 is 2.39 bits per heavy atom. The van der Waals surface area contributed by atoms with Gasteiger partial charge in [0.2, 0.25) is 16.2 Å². The normalized spacial score (nSPS) is 11.9. The molecule has 0 saturated carbocycles. The number of hydrogen-bond acceptors (Lipinski definition) is 8. The van der Waals surface area contributed by atoms with E-state index in [1.807, 2.05) is 19.1 Å². The highest BCUT2D eigenvalue weighted by molar-refractivity contribution is 8.00. The molecule has 3 aromatic carbocycles. The Morgan fingerprint density at radius 1 is 0.976 bits per heavy atom. The van der Waals surface area contributed by atoms with Crippen molar-refractivity contribution in [3.05, 3.63) is 101 Å². The van der Waals surface area contributed by atoms with Crippen LogP contribution in [-0.4, -0.2) is 38.1 Å². The van der Waals surface area contributed by atoms with Gasteiger partial charge in [0.25, 0.3) is 11.8 Å². The van der Waals surface area contributed by atoms with Gasteiger partial charge in [-0.05, 0) is 66.8 Å². The van der Waals surface area contributed by atoms with Gasteiger partial charge in [-0.2, -0.15) is 9.36 Å². The summed E-state index contributed by atoms with van der Waals surface area (Å²) in [5.74, 6) is -0.263. The summed E-state index contributed by atoms with van der Waals surface area (Å²) in [7, 11) is 0. The first-order valence-corrected chi connectivity index (χ1v) is 15.5. The Kier molecular flexibility index (Phi) is 11.0. The molecule has 1 atom stereocenters. The molecule has 3 N–H and O–H groups in total. The standard InChI is InChI=1S/C29H26ClN5O3S3/c1-3-39-29-34-28(41-35-29)33-25(36)18(2)40-22-15-13-21(14-16-22)31-27(38)24(17-20-11-7-8-12-23(20)30)32-26(37)19-9-5-4-6-10-19/h4-18H,3H2,1-2H3,(H,31,38)(H,32,37)(H,33,34,35,36)/b24-17-. The molecule has 12 heteroatoms. The molecule has 4 rings (SSSR count). The van der Waals surface area contributed by atoms with Gasteiger partial charge < -0.3 is 10.6 Å². The van der Waals surface area contributed by atoms with E-state index in [1.54, 1.807) is 73.7 Å². The van der Waals surface area contributed by atoms with Crippen LogP contribution in [0.25, 0.3) is 6.08 Å². The van der Waals surface area contributed by atoms with Crippen LogP contribution < -0.4 is 16.0 Å². The number of anilines is 2. The van der Waals surface area contributed by atoms with Crippen LogP contribution >= 0.6 is 46.7 Å². The van der Waals surface area contributed by atoms with E-state index in [0.717, 1.165) is 22.2 Å². The highest BCUT2D eigenvalue weighted by Gasteiger charge is 2.18. The number of aromatic nitrogens is 2. The van der Waals surface area contributed by atoms with Crippen molar-refractivity contribution in [2.45, 2.75) is 29.1 Å². The van der Waals surface area contributed by atoms with Crippen molar-refractivity contribution in [1.29, 1.82) is 0 Å². The Hall–Kier alpha value is -3.64. The van der Waals surface area contributed by atoms with E-state index in [1.165, 1.54) is 29.6 Å². The monoisotopic (exact) mass is 623 g/mol. The molecule has 0 aliphatic rings. The first-order chi connectivity index (χ1) is 19.8. The van der Waals surface area contributed by atoms with Crippen molar-refractivity contribution in [2.24, 2.45) is 0 Å². The van der Waals surface area contributed by atoms with Gasteiger partial charge in [-0.15, -0.1) is 11.8 Å². The van der Waals surface area contributed by atoms with Crippen LogP contribution in [0.3, 0.4) is 0 Å². The van der Waals surface area contributed by atoms with Crippen LogP contribution in [0.4, 0.5) is 10.8 Å². The molecule has 0 aliphatic carbocycles. The number of nitrogens with zero attached hydrogens (tertiary/aromatic N) is 2. The molecule has 0 spiro atoms. The Morgan fingerprint density at radius 2 is 1.68 bits per heavy atom. The molecule has 0 bridgehead atoms. The summed E-state index contributed by atoms with van der Waals surface area (Å²) in [4.78, 5) is 43.9. The van der Waals surface area contributed by atoms with Gasteiger partial charge in [-0.3, -0.25) is 19.7 Å². The van der Waals surface area contributed by atoms with Gasteiger partial charge in [-0.25, -0.2) is 0 Å². The van der Waals surface area contributed by atoms with Gasteiger partial charge in [0.1, 0.15) is 5.70 Å². The van der Waals surface area contributed by atoms with Crippen LogP contribution in [0.2, 0.25) is 5.02 Å². The SMILES string of the molecule is CCSc1nsc(NC(=O)C(C)Sc2ccc(NC(=O)/C(=C/c3ccccc3Cl)NC(=O)c3ccccc3)cc2)n1. The number of nitrogens with one attached hydrogen (secondary N) is 3. The van der Waals surface area contributed by atoms with E-state index < -0.39 is 11.8 Å². The fourth-order valence-electron chi connectivity index (χ4n) is 3.42.